The number of amides is 2. The second-order valence-corrected chi connectivity index (χ2v) is 11.9. The highest BCUT2D eigenvalue weighted by Gasteiger charge is 2.34. The van der Waals surface area contributed by atoms with Crippen LogP contribution in [-0.2, 0) is 12.8 Å². The number of thiophene rings is 1. The largest absolute Gasteiger partial charge is 0.322 e. The van der Waals surface area contributed by atoms with Crippen LogP contribution in [-0.4, -0.2) is 11.8 Å². The van der Waals surface area contributed by atoms with Crippen LogP contribution >= 0.6 is 34.5 Å². The Morgan fingerprint density at radius 1 is 1.00 bits per heavy atom. The predicted octanol–water partition coefficient (Wildman–Crippen LogP) is 8.02. The maximum Gasteiger partial charge on any atom is 0.258 e. The summed E-state index contributed by atoms with van der Waals surface area (Å²) in [5.74, 6) is -0.0639. The van der Waals surface area contributed by atoms with Gasteiger partial charge in [-0.2, -0.15) is 0 Å². The number of hydrogen-bond acceptors (Lipinski definition) is 3. The van der Waals surface area contributed by atoms with Crippen LogP contribution < -0.4 is 10.6 Å². The van der Waals surface area contributed by atoms with E-state index in [-0.39, 0.29) is 22.3 Å². The number of rotatable bonds is 4. The number of hydrogen-bond donors (Lipinski definition) is 2. The number of nitrogens with one attached hydrogen (secondary N) is 2. The first-order valence-corrected chi connectivity index (χ1v) is 12.9. The lowest BCUT2D eigenvalue weighted by Crippen LogP contribution is -2.27. The molecule has 0 spiro atoms. The van der Waals surface area contributed by atoms with Gasteiger partial charge in [0.2, 0.25) is 0 Å². The second kappa shape index (κ2) is 9.73. The van der Waals surface area contributed by atoms with E-state index >= 15 is 0 Å². The van der Waals surface area contributed by atoms with Crippen molar-refractivity contribution >= 4 is 57.0 Å². The van der Waals surface area contributed by atoms with Crippen LogP contribution in [0.5, 0.6) is 0 Å². The monoisotopic (exact) mass is 514 g/mol. The van der Waals surface area contributed by atoms with Crippen LogP contribution in [0.2, 0.25) is 10.0 Å². The van der Waals surface area contributed by atoms with Crippen molar-refractivity contribution in [3.63, 3.8) is 0 Å². The third kappa shape index (κ3) is 5.32. The van der Waals surface area contributed by atoms with Gasteiger partial charge < -0.3 is 10.6 Å². The lowest BCUT2D eigenvalue weighted by molar-refractivity contribution is 0.102. The van der Waals surface area contributed by atoms with Crippen molar-refractivity contribution in [2.24, 2.45) is 11.3 Å². The van der Waals surface area contributed by atoms with Gasteiger partial charge in [0, 0.05) is 15.6 Å². The molecule has 4 rings (SSSR count). The zero-order valence-electron chi connectivity index (χ0n) is 19.7. The normalized spacial score (nSPS) is 15.5. The molecule has 1 aromatic heterocycles. The minimum atomic E-state index is -0.364. The Kier molecular flexibility index (Phi) is 7.09. The summed E-state index contributed by atoms with van der Waals surface area (Å²) in [5, 5.41) is 7.26. The smallest absolute Gasteiger partial charge is 0.258 e. The molecule has 3 aromatic rings. The molecule has 0 saturated carbocycles. The topological polar surface area (TPSA) is 58.2 Å². The van der Waals surface area contributed by atoms with E-state index in [0.29, 0.717) is 27.1 Å². The number of benzene rings is 2. The second-order valence-electron chi connectivity index (χ2n) is 9.91. The van der Waals surface area contributed by atoms with Crippen molar-refractivity contribution in [2.75, 3.05) is 10.6 Å². The highest BCUT2D eigenvalue weighted by molar-refractivity contribution is 7.17. The molecule has 1 aliphatic rings. The van der Waals surface area contributed by atoms with Crippen LogP contribution in [0.25, 0.3) is 0 Å². The maximum absolute atomic E-state index is 13.5. The average Bonchev–Trinajstić information content (AvgIpc) is 3.11. The standard InChI is InChI=1S/C27H28Cl2N2O2S/c1-15-5-9-18(10-6-15)30-25(33)23-20-11-7-16(27(2,3)4)13-22(20)34-26(23)31-24(32)19-12-8-17(28)14-21(19)29/h5-6,8-10,12,14,16H,7,11,13H2,1-4H3,(H,30,33)(H,31,32)/t16-/m1/s1. The molecule has 2 aromatic carbocycles. The maximum atomic E-state index is 13.5. The number of halogens is 2. The molecule has 1 atom stereocenters. The van der Waals surface area contributed by atoms with Crippen molar-refractivity contribution in [1.82, 2.24) is 0 Å². The average molecular weight is 516 g/mol. The van der Waals surface area contributed by atoms with Crippen molar-refractivity contribution in [3.05, 3.63) is 79.6 Å². The van der Waals surface area contributed by atoms with E-state index < -0.39 is 0 Å². The molecular weight excluding hydrogens is 487 g/mol. The van der Waals surface area contributed by atoms with Crippen molar-refractivity contribution in [1.29, 1.82) is 0 Å². The quantitative estimate of drug-likeness (QED) is 0.370. The van der Waals surface area contributed by atoms with Crippen molar-refractivity contribution in [3.8, 4) is 0 Å². The molecule has 0 saturated heterocycles. The molecule has 0 fully saturated rings. The summed E-state index contributed by atoms with van der Waals surface area (Å²) in [6.07, 6.45) is 2.71. The third-order valence-corrected chi connectivity index (χ3v) is 8.15. The van der Waals surface area contributed by atoms with Crippen LogP contribution in [0.3, 0.4) is 0 Å². The van der Waals surface area contributed by atoms with Gasteiger partial charge in [0.05, 0.1) is 16.1 Å². The Hall–Kier alpha value is -2.34. The van der Waals surface area contributed by atoms with E-state index in [1.807, 2.05) is 31.2 Å². The molecule has 7 heteroatoms. The highest BCUT2D eigenvalue weighted by atomic mass is 35.5. The van der Waals surface area contributed by atoms with Gasteiger partial charge in [-0.05, 0) is 73.4 Å². The van der Waals surface area contributed by atoms with E-state index in [1.54, 1.807) is 12.1 Å². The molecule has 0 unspecified atom stereocenters. The van der Waals surface area contributed by atoms with Crippen molar-refractivity contribution < 1.29 is 9.59 Å². The number of carbonyl (C=O) groups excluding carboxylic acids is 2. The van der Waals surface area contributed by atoms with Gasteiger partial charge in [-0.25, -0.2) is 0 Å². The number of carbonyl (C=O) groups is 2. The zero-order chi connectivity index (χ0) is 24.6. The van der Waals surface area contributed by atoms with E-state index in [9.17, 15) is 9.59 Å². The van der Waals surface area contributed by atoms with Crippen LogP contribution in [0.15, 0.2) is 42.5 Å². The summed E-state index contributed by atoms with van der Waals surface area (Å²) in [4.78, 5) is 27.7. The Morgan fingerprint density at radius 2 is 1.71 bits per heavy atom. The lowest BCUT2D eigenvalue weighted by Gasteiger charge is -2.33. The Morgan fingerprint density at radius 3 is 2.35 bits per heavy atom. The van der Waals surface area contributed by atoms with E-state index in [1.165, 1.54) is 17.4 Å². The van der Waals surface area contributed by atoms with Crippen LogP contribution in [0.1, 0.15) is 63.9 Å². The van der Waals surface area contributed by atoms with E-state index in [2.05, 4.69) is 31.4 Å². The highest BCUT2D eigenvalue weighted by Crippen LogP contribution is 2.44. The van der Waals surface area contributed by atoms with Gasteiger partial charge >= 0.3 is 0 Å². The fraction of sp³-hybridized carbons (Fsp3) is 0.333. The molecule has 2 N–H and O–H groups in total. The Balaban J connectivity index is 1.69. The van der Waals surface area contributed by atoms with Gasteiger partial charge in [-0.15, -0.1) is 11.3 Å². The summed E-state index contributed by atoms with van der Waals surface area (Å²) < 4.78 is 0. The minimum Gasteiger partial charge on any atom is -0.322 e. The van der Waals surface area contributed by atoms with Gasteiger partial charge in [-0.3, -0.25) is 9.59 Å². The lowest BCUT2D eigenvalue weighted by atomic mass is 9.72. The minimum absolute atomic E-state index is 0.173. The summed E-state index contributed by atoms with van der Waals surface area (Å²) in [6.45, 7) is 8.77. The zero-order valence-corrected chi connectivity index (χ0v) is 22.0. The third-order valence-electron chi connectivity index (χ3n) is 6.43. The summed E-state index contributed by atoms with van der Waals surface area (Å²) in [6, 6.07) is 12.4. The molecule has 178 valence electrons. The fourth-order valence-corrected chi connectivity index (χ4v) is 6.14. The van der Waals surface area contributed by atoms with E-state index in [0.717, 1.165) is 41.0 Å². The first-order valence-electron chi connectivity index (χ1n) is 11.3. The molecule has 4 nitrogen and oxygen atoms in total. The van der Waals surface area contributed by atoms with Gasteiger partial charge in [0.1, 0.15) is 5.00 Å². The van der Waals surface area contributed by atoms with E-state index in [4.69, 9.17) is 23.2 Å². The van der Waals surface area contributed by atoms with Gasteiger partial charge in [0.25, 0.3) is 11.8 Å². The molecule has 34 heavy (non-hydrogen) atoms. The summed E-state index contributed by atoms with van der Waals surface area (Å²) >= 11 is 13.7. The van der Waals surface area contributed by atoms with Gasteiger partial charge in [0.15, 0.2) is 0 Å². The molecule has 0 bridgehead atoms. The fourth-order valence-electron chi connectivity index (χ4n) is 4.33. The molecule has 0 aliphatic heterocycles. The molecular formula is C27H28Cl2N2O2S. The van der Waals surface area contributed by atoms with Crippen LogP contribution in [0.4, 0.5) is 10.7 Å². The molecule has 2 amide bonds. The van der Waals surface area contributed by atoms with Crippen LogP contribution in [0, 0.1) is 18.3 Å². The number of fused-ring (bicyclic) bond motifs is 1. The number of aryl methyl sites for hydroxylation is 1. The first-order chi connectivity index (χ1) is 16.0. The number of anilines is 2. The summed E-state index contributed by atoms with van der Waals surface area (Å²) in [5.41, 5.74) is 3.91. The van der Waals surface area contributed by atoms with Gasteiger partial charge in [-0.1, -0.05) is 61.7 Å². The molecule has 1 aliphatic carbocycles. The Bertz CT molecular complexity index is 1240. The molecule has 0 radical (unpaired) electrons. The molecule has 1 heterocycles. The predicted molar refractivity (Wildman–Crippen MR) is 143 cm³/mol. The SMILES string of the molecule is Cc1ccc(NC(=O)c2c(NC(=O)c3ccc(Cl)cc3Cl)sc3c2CC[C@@H](C(C)(C)C)C3)cc1. The first kappa shape index (κ1) is 24.8. The van der Waals surface area contributed by atoms with Crippen molar-refractivity contribution in [2.45, 2.75) is 47.0 Å². The summed E-state index contributed by atoms with van der Waals surface area (Å²) in [7, 11) is 0. The Labute approximate surface area is 214 Å².